The van der Waals surface area contributed by atoms with E-state index in [9.17, 15) is 0 Å². The van der Waals surface area contributed by atoms with Gasteiger partial charge in [-0.15, -0.1) is 0 Å². The summed E-state index contributed by atoms with van der Waals surface area (Å²) in [6, 6.07) is 33.0. The van der Waals surface area contributed by atoms with Crippen molar-refractivity contribution in [3.05, 3.63) is 91.0 Å². The van der Waals surface area contributed by atoms with Crippen molar-refractivity contribution < 1.29 is 0 Å². The zero-order valence-electron chi connectivity index (χ0n) is 11.0. The predicted molar refractivity (Wildman–Crippen MR) is 98.0 cm³/mol. The van der Waals surface area contributed by atoms with Gasteiger partial charge in [0, 0.05) is 0 Å². The summed E-state index contributed by atoms with van der Waals surface area (Å²) in [6.45, 7) is 0. The van der Waals surface area contributed by atoms with Crippen molar-refractivity contribution in [2.45, 2.75) is 0 Å². The van der Waals surface area contributed by atoms with Crippen LogP contribution >= 0.6 is 18.5 Å². The third-order valence-electron chi connectivity index (χ3n) is 3.34. The second-order valence-electron chi connectivity index (χ2n) is 4.60. The van der Waals surface area contributed by atoms with Crippen LogP contribution in [0.5, 0.6) is 0 Å². The predicted octanol–water partition coefficient (Wildman–Crippen LogP) is 3.09. The van der Waals surface area contributed by atoms with Gasteiger partial charge in [0.25, 0.3) is 0 Å². The molecule has 20 heavy (non-hydrogen) atoms. The van der Waals surface area contributed by atoms with E-state index in [1.54, 1.807) is 0 Å². The molecule has 0 amide bonds. The minimum atomic E-state index is -2.68. The molecule has 0 heterocycles. The molecule has 0 N–H and O–H groups in total. The molecule has 0 aliphatic rings. The third-order valence-corrected chi connectivity index (χ3v) is 23.2. The van der Waals surface area contributed by atoms with Crippen LogP contribution in [0, 0.1) is 0 Å². The topological polar surface area (TPSA) is 0 Å². The van der Waals surface area contributed by atoms with Gasteiger partial charge in [0.05, 0.1) is 0 Å². The maximum atomic E-state index is 2.77. The number of rotatable bonds is 3. The SMILES string of the molecule is [I][Sb+]([c]1ccccc1)([c]1ccccc1)[c]1ccccc1. The van der Waals surface area contributed by atoms with Gasteiger partial charge in [0.15, 0.2) is 0 Å². The fraction of sp³-hybridized carbons (Fsp3) is 0. The first-order valence-corrected chi connectivity index (χ1v) is 17.8. The summed E-state index contributed by atoms with van der Waals surface area (Å²) < 4.78 is 4.51. The van der Waals surface area contributed by atoms with Crippen molar-refractivity contribution in [3.8, 4) is 0 Å². The van der Waals surface area contributed by atoms with Crippen molar-refractivity contribution in [3.63, 3.8) is 0 Å². The van der Waals surface area contributed by atoms with Crippen LogP contribution in [-0.4, -0.2) is 14.8 Å². The fourth-order valence-electron chi connectivity index (χ4n) is 2.35. The molecule has 0 radical (unpaired) electrons. The van der Waals surface area contributed by atoms with Crippen molar-refractivity contribution >= 4 is 43.8 Å². The number of hydrogen-bond donors (Lipinski definition) is 0. The second-order valence-corrected chi connectivity index (χ2v) is 22.1. The van der Waals surface area contributed by atoms with Gasteiger partial charge in [-0.25, -0.2) is 0 Å². The molecule has 0 unspecified atom stereocenters. The molecule has 0 aliphatic carbocycles. The first-order chi connectivity index (χ1) is 9.82. The second kappa shape index (κ2) is 6.32. The normalized spacial score (nSPS) is 11.2. The summed E-state index contributed by atoms with van der Waals surface area (Å²) in [7, 11) is 0. The van der Waals surface area contributed by atoms with Crippen molar-refractivity contribution in [2.75, 3.05) is 0 Å². The van der Waals surface area contributed by atoms with Gasteiger partial charge in [-0.05, 0) is 0 Å². The Morgan fingerprint density at radius 2 is 0.700 bits per heavy atom. The van der Waals surface area contributed by atoms with Gasteiger partial charge in [-0.2, -0.15) is 0 Å². The molecule has 98 valence electrons. The Bertz CT molecular complexity index is 569. The molecular formula is C18H15ISb+. The molecule has 3 rings (SSSR count). The van der Waals surface area contributed by atoms with Crippen LogP contribution in [0.15, 0.2) is 91.0 Å². The van der Waals surface area contributed by atoms with Crippen LogP contribution in [0.1, 0.15) is 0 Å². The molecule has 0 saturated carbocycles. The number of benzene rings is 3. The van der Waals surface area contributed by atoms with Gasteiger partial charge in [0.2, 0.25) is 0 Å². The van der Waals surface area contributed by atoms with E-state index in [0.29, 0.717) is 0 Å². The van der Waals surface area contributed by atoms with Gasteiger partial charge >= 0.3 is 135 Å². The summed E-state index contributed by atoms with van der Waals surface area (Å²) >= 11 is 0.0918. The van der Waals surface area contributed by atoms with Crippen LogP contribution < -0.4 is 10.5 Å². The molecule has 0 fully saturated rings. The van der Waals surface area contributed by atoms with Crippen LogP contribution in [0.4, 0.5) is 0 Å². The van der Waals surface area contributed by atoms with Gasteiger partial charge < -0.3 is 0 Å². The minimum absolute atomic E-state index is 1.50. The Morgan fingerprint density at radius 3 is 0.950 bits per heavy atom. The average molecular weight is 480 g/mol. The summed E-state index contributed by atoms with van der Waals surface area (Å²) in [6.07, 6.45) is 0. The Labute approximate surface area is 133 Å². The van der Waals surface area contributed by atoms with E-state index in [0.717, 1.165) is 0 Å². The Hall–Kier alpha value is -0.792. The molecular weight excluding hydrogens is 465 g/mol. The van der Waals surface area contributed by atoms with E-state index in [1.807, 2.05) is 0 Å². The third kappa shape index (κ3) is 2.66. The first kappa shape index (κ1) is 14.2. The molecule has 3 aromatic carbocycles. The standard InChI is InChI=1S/3C6H5.HI.Sb/c3*1-2-4-6-5-3-1;;/h3*1-5H;1H;/q;;;;+2/p-1. The van der Waals surface area contributed by atoms with E-state index in [1.165, 1.54) is 10.5 Å². The Balaban J connectivity index is 2.24. The van der Waals surface area contributed by atoms with Crippen LogP contribution in [0.3, 0.4) is 0 Å². The van der Waals surface area contributed by atoms with Crippen molar-refractivity contribution in [1.29, 1.82) is 0 Å². The molecule has 0 bridgehead atoms. The summed E-state index contributed by atoms with van der Waals surface area (Å²) in [5, 5.41) is 0. The molecule has 3 aromatic rings. The van der Waals surface area contributed by atoms with E-state index in [2.05, 4.69) is 109 Å². The average Bonchev–Trinajstić information content (AvgIpc) is 2.56. The number of halogens is 1. The summed E-state index contributed by atoms with van der Waals surface area (Å²) in [5.41, 5.74) is 0. The van der Waals surface area contributed by atoms with Gasteiger partial charge in [-0.3, -0.25) is 0 Å². The zero-order chi connectivity index (χ0) is 13.8. The Kier molecular flexibility index (Phi) is 4.47. The first-order valence-electron chi connectivity index (χ1n) is 6.57. The van der Waals surface area contributed by atoms with E-state index in [4.69, 9.17) is 0 Å². The van der Waals surface area contributed by atoms with Crippen molar-refractivity contribution in [2.24, 2.45) is 0 Å². The molecule has 0 nitrogen and oxygen atoms in total. The molecule has 0 atom stereocenters. The molecule has 2 heteroatoms. The number of hydrogen-bond acceptors (Lipinski definition) is 0. The van der Waals surface area contributed by atoms with Gasteiger partial charge in [0.1, 0.15) is 0 Å². The monoisotopic (exact) mass is 479 g/mol. The van der Waals surface area contributed by atoms with Gasteiger partial charge in [-0.1, -0.05) is 0 Å². The van der Waals surface area contributed by atoms with E-state index in [-0.39, 0.29) is 0 Å². The fourth-order valence-corrected chi connectivity index (χ4v) is 16.4. The van der Waals surface area contributed by atoms with Crippen molar-refractivity contribution in [1.82, 2.24) is 0 Å². The van der Waals surface area contributed by atoms with E-state index < -0.39 is 14.8 Å². The van der Waals surface area contributed by atoms with E-state index >= 15 is 0 Å². The zero-order valence-corrected chi connectivity index (χ0v) is 15.7. The molecule has 0 aromatic heterocycles. The van der Waals surface area contributed by atoms with Crippen LogP contribution in [-0.2, 0) is 0 Å². The summed E-state index contributed by atoms with van der Waals surface area (Å²) in [4.78, 5) is 0. The Morgan fingerprint density at radius 1 is 0.450 bits per heavy atom. The quantitative estimate of drug-likeness (QED) is 0.400. The molecule has 0 saturated heterocycles. The maximum absolute atomic E-state index is 2.77. The van der Waals surface area contributed by atoms with Crippen LogP contribution in [0.25, 0.3) is 0 Å². The molecule has 0 aliphatic heterocycles. The molecule has 0 spiro atoms. The van der Waals surface area contributed by atoms with Crippen LogP contribution in [0.2, 0.25) is 0 Å². The summed E-state index contributed by atoms with van der Waals surface area (Å²) in [5.74, 6) is 0.